The van der Waals surface area contributed by atoms with Crippen molar-refractivity contribution in [2.24, 2.45) is 23.5 Å². The van der Waals surface area contributed by atoms with Gasteiger partial charge in [0.25, 0.3) is 11.8 Å². The zero-order valence-corrected chi connectivity index (χ0v) is 86.8. The molecule has 8 N–H and O–H groups in total. The molecule has 24 rings (SSSR count). The number of nitrogens with one attached hydrogen (secondary N) is 5. The van der Waals surface area contributed by atoms with Gasteiger partial charge in [0, 0.05) is 221 Å². The molecule has 3 aromatic carbocycles. The van der Waals surface area contributed by atoms with E-state index < -0.39 is 5.97 Å². The van der Waals surface area contributed by atoms with Crippen LogP contribution < -0.4 is 75.9 Å². The zero-order valence-electron chi connectivity index (χ0n) is 86.8. The van der Waals surface area contributed by atoms with E-state index in [0.29, 0.717) is 145 Å². The van der Waals surface area contributed by atoms with Crippen LogP contribution in [0.5, 0.6) is 17.2 Å². The van der Waals surface area contributed by atoms with Crippen molar-refractivity contribution in [3.05, 3.63) is 88.4 Å². The van der Waals surface area contributed by atoms with Gasteiger partial charge in [-0.2, -0.15) is 15.0 Å². The molecule has 12 fully saturated rings. The molecule has 3 atom stereocenters. The number of amides is 5. The molecule has 6 aromatic rings. The van der Waals surface area contributed by atoms with Crippen molar-refractivity contribution in [1.82, 2.24) is 69.9 Å². The van der Waals surface area contributed by atoms with E-state index in [4.69, 9.17) is 34.9 Å². The van der Waals surface area contributed by atoms with Crippen molar-refractivity contribution in [1.29, 1.82) is 0 Å². The summed E-state index contributed by atoms with van der Waals surface area (Å²) in [4.78, 5) is 135. The maximum absolute atomic E-state index is 13.6. The molecule has 9 saturated carbocycles. The molecule has 34 nitrogen and oxygen atoms in total. The highest BCUT2D eigenvalue weighted by Gasteiger charge is 2.47. The number of aromatic nitrogens is 6. The quantitative estimate of drug-likeness (QED) is 0.0265. The van der Waals surface area contributed by atoms with E-state index in [0.717, 1.165) is 191 Å². The molecule has 12 heterocycles. The minimum Gasteiger partial charge on any atom is -0.491 e. The van der Waals surface area contributed by atoms with Crippen LogP contribution in [0.1, 0.15) is 280 Å². The second-order valence-electron chi connectivity index (χ2n) is 45.0. The van der Waals surface area contributed by atoms with E-state index in [-0.39, 0.29) is 65.3 Å². The number of nitrogens with zero attached hydrogens (tertiary/aromatic N) is 18. The molecule has 145 heavy (non-hydrogen) atoms. The van der Waals surface area contributed by atoms with Crippen molar-refractivity contribution < 1.29 is 48.1 Å². The summed E-state index contributed by atoms with van der Waals surface area (Å²) in [5.41, 5.74) is 14.6. The van der Waals surface area contributed by atoms with Gasteiger partial charge in [-0.1, -0.05) is 59.3 Å². The van der Waals surface area contributed by atoms with Gasteiger partial charge in [0.1, 0.15) is 52.4 Å². The van der Waals surface area contributed by atoms with Crippen LogP contribution >= 0.6 is 0 Å². The number of nitrogens with two attached hydrogens (primary N) is 1. The van der Waals surface area contributed by atoms with Crippen LogP contribution in [0.4, 0.5) is 69.4 Å². The number of hydrogen-bond donors (Lipinski definition) is 7. The van der Waals surface area contributed by atoms with Crippen molar-refractivity contribution in [3.8, 4) is 17.2 Å². The van der Waals surface area contributed by atoms with Gasteiger partial charge in [0.05, 0.1) is 61.0 Å². The standard InChI is InChI=1S/2C37H52N8O3.C23H27N5O4.C14H27N3/c2*1-3-31-36(47)42(2)32-22-38-37(41-34(32)45(31)27-6-4-5-7-27)40-30-15-14-29(28-16-21-48-33(28)30)35(46)39-25-10-12-26(13-11-25)44-19-17-43(18-20-44)23-24-8-9-24;1-3-17-21(29)27(2)18-12-24-23(26-20(18)28(17)13-6-4-5-7-13)25-16-9-8-15(22(30)31)14-10-11-32-19(14)16;15-13-3-5-14(6-4-13)17-9-7-16(8-10-17)11-12-1-2-12/h2*14-15,22,24-27,31H,3-13,16-21,23H2,1-2H3,(H,39,46)(H,38,40,41);8-9,12-13,17H,3-7,10-11H2,1-2H3,(H,30,31)(H,24,25,26);12-14H,1-11,15H2/t2*25?,26?,31-;17-;/m111./s1. The van der Waals surface area contributed by atoms with Crippen LogP contribution in [0.2, 0.25) is 0 Å². The molecule has 5 amide bonds. The van der Waals surface area contributed by atoms with Crippen molar-refractivity contribution in [2.75, 3.05) is 184 Å². The summed E-state index contributed by atoms with van der Waals surface area (Å²) in [6.07, 6.45) is 45.3. The molecule has 0 radical (unpaired) electrons. The first-order valence-corrected chi connectivity index (χ1v) is 56.2. The third-order valence-electron chi connectivity index (χ3n) is 35.5. The molecule has 0 unspecified atom stereocenters. The highest BCUT2D eigenvalue weighted by atomic mass is 16.5. The van der Waals surface area contributed by atoms with Gasteiger partial charge in [0.15, 0.2) is 17.5 Å². The summed E-state index contributed by atoms with van der Waals surface area (Å²) >= 11 is 0. The van der Waals surface area contributed by atoms with Gasteiger partial charge < -0.3 is 95.7 Å². The molecule has 3 aromatic heterocycles. The van der Waals surface area contributed by atoms with Crippen LogP contribution in [-0.4, -0.2) is 312 Å². The lowest BCUT2D eigenvalue weighted by atomic mass is 9.89. The van der Waals surface area contributed by atoms with E-state index in [1.807, 2.05) is 45.3 Å². The van der Waals surface area contributed by atoms with Crippen LogP contribution in [0.25, 0.3) is 0 Å². The Bertz CT molecular complexity index is 5350. The average Bonchev–Trinajstić information content (AvgIpc) is 1.73. The Morgan fingerprint density at radius 3 is 0.931 bits per heavy atom. The lowest BCUT2D eigenvalue weighted by Crippen LogP contribution is -2.55. The minimum absolute atomic E-state index is 0.00371. The largest absolute Gasteiger partial charge is 0.491 e. The van der Waals surface area contributed by atoms with Crippen LogP contribution in [-0.2, 0) is 33.6 Å². The summed E-state index contributed by atoms with van der Waals surface area (Å²) in [7, 11) is 5.41. The fourth-order valence-electron chi connectivity index (χ4n) is 26.6. The predicted octanol–water partition coefficient (Wildman–Crippen LogP) is 14.1. The summed E-state index contributed by atoms with van der Waals surface area (Å²) in [6.45, 7) is 26.5. The van der Waals surface area contributed by atoms with Crippen molar-refractivity contribution in [2.45, 2.75) is 324 Å². The summed E-state index contributed by atoms with van der Waals surface area (Å²) < 4.78 is 17.9. The Kier molecular flexibility index (Phi) is 31.2. The number of aromatic carboxylic acids is 1. The normalized spacial score (nSPS) is 26.5. The second-order valence-corrected chi connectivity index (χ2v) is 45.0. The number of benzene rings is 3. The SMILES string of the molecule is CC[C@@H]1C(=O)N(C)c2cnc(Nc3ccc(C(=O)NC4CCC(N5CCN(CC6CC6)CC5)CC4)c4c3OCC4)nc2N1C1CCCC1.CC[C@@H]1C(=O)N(C)c2cnc(Nc3ccc(C(=O)NC4CCC(N5CCN(CC6CC6)CC5)CC4)c4c3OCC4)nc2N1C1CCCC1.CC[C@@H]1C(=O)N(C)c2cnc(Nc3ccc(C(=O)O)c4c3OCC4)nc2N1C1CCCC1.NC1CCC(N2CCN(CC3CC3)CC2)CC1. The first kappa shape index (κ1) is 101. The third-order valence-corrected chi connectivity index (χ3v) is 35.5. The molecule has 0 spiro atoms. The molecule has 3 saturated heterocycles. The Hall–Kier alpha value is -10.4. The Labute approximate surface area is 856 Å². The number of carboxylic acid groups (broad SMARTS) is 1. The molecule has 34 heteroatoms. The molecule has 9 aliphatic carbocycles. The monoisotopic (exact) mass is 1990 g/mol. The van der Waals surface area contributed by atoms with Crippen LogP contribution in [0.15, 0.2) is 55.0 Å². The summed E-state index contributed by atoms with van der Waals surface area (Å²) in [5, 5.41) is 26.2. The van der Waals surface area contributed by atoms with Crippen LogP contribution in [0, 0.1) is 17.8 Å². The molecular formula is C111H158N24O10. The third kappa shape index (κ3) is 22.4. The lowest BCUT2D eigenvalue weighted by molar-refractivity contribution is -0.120. The first-order chi connectivity index (χ1) is 70.7. The number of carbonyl (C=O) groups is 6. The molecule has 0 bridgehead atoms. The Morgan fingerprint density at radius 1 is 0.366 bits per heavy atom. The maximum Gasteiger partial charge on any atom is 0.336 e. The highest BCUT2D eigenvalue weighted by Crippen LogP contribution is 2.49. The number of anilines is 12. The number of likely N-dealkylation sites (N-methyl/N-ethyl adjacent to an activating group) is 3. The van der Waals surface area contributed by atoms with E-state index >= 15 is 0 Å². The highest BCUT2D eigenvalue weighted by molar-refractivity contribution is 6.07. The maximum atomic E-state index is 13.6. The number of piperazine rings is 3. The number of hydrogen-bond acceptors (Lipinski definition) is 28. The van der Waals surface area contributed by atoms with Crippen molar-refractivity contribution in [3.63, 3.8) is 0 Å². The first-order valence-electron chi connectivity index (χ1n) is 56.2. The van der Waals surface area contributed by atoms with Gasteiger partial charge in [-0.25, -0.2) is 19.7 Å². The molecule has 18 aliphatic rings. The Morgan fingerprint density at radius 2 is 0.648 bits per heavy atom. The topological polar surface area (TPSA) is 353 Å². The number of fused-ring (bicyclic) bond motifs is 6. The molecular weight excluding hydrogens is 1830 g/mol. The fourth-order valence-corrected chi connectivity index (χ4v) is 26.6. The number of carbonyl (C=O) groups excluding carboxylic acids is 5. The zero-order chi connectivity index (χ0) is 99.6. The smallest absolute Gasteiger partial charge is 0.336 e. The second kappa shape index (κ2) is 45.0. The number of carboxylic acids is 1. The number of rotatable bonds is 26. The number of ether oxygens (including phenoxy) is 3. The van der Waals surface area contributed by atoms with Crippen LogP contribution in [0.3, 0.4) is 0 Å². The predicted molar refractivity (Wildman–Crippen MR) is 566 cm³/mol. The average molecular weight is 1990 g/mol. The van der Waals surface area contributed by atoms with Gasteiger partial charge in [-0.15, -0.1) is 0 Å². The van der Waals surface area contributed by atoms with E-state index in [2.05, 4.69) is 99.5 Å². The fraction of sp³-hybridized carbons (Fsp3) is 0.676. The van der Waals surface area contributed by atoms with E-state index in [1.165, 1.54) is 188 Å². The van der Waals surface area contributed by atoms with Gasteiger partial charge >= 0.3 is 5.97 Å². The van der Waals surface area contributed by atoms with Gasteiger partial charge in [-0.05, 0) is 228 Å². The van der Waals surface area contributed by atoms with E-state index in [9.17, 15) is 33.9 Å². The Balaban J connectivity index is 0.000000120. The van der Waals surface area contributed by atoms with Crippen molar-refractivity contribution >= 4 is 105 Å². The van der Waals surface area contributed by atoms with Gasteiger partial charge in [0.2, 0.25) is 35.6 Å². The van der Waals surface area contributed by atoms with Gasteiger partial charge in [-0.3, -0.25) is 38.7 Å². The molecule has 782 valence electrons. The molecule has 9 aliphatic heterocycles. The van der Waals surface area contributed by atoms with E-state index in [1.54, 1.807) is 52.5 Å². The minimum atomic E-state index is -0.964. The summed E-state index contributed by atoms with van der Waals surface area (Å²) in [5.74, 6) is 7.97. The summed E-state index contributed by atoms with van der Waals surface area (Å²) in [6, 6.07) is 14.2. The lowest BCUT2D eigenvalue weighted by Gasteiger charge is -2.43.